The molecule has 1 unspecified atom stereocenters. The van der Waals surface area contributed by atoms with E-state index in [9.17, 15) is 4.79 Å². The minimum absolute atomic E-state index is 0.445. The summed E-state index contributed by atoms with van der Waals surface area (Å²) in [6, 6.07) is 1.01. The van der Waals surface area contributed by atoms with Gasteiger partial charge in [0, 0.05) is 18.3 Å². The third-order valence-electron chi connectivity index (χ3n) is 2.69. The van der Waals surface area contributed by atoms with Crippen molar-refractivity contribution in [1.29, 1.82) is 0 Å². The van der Waals surface area contributed by atoms with Crippen molar-refractivity contribution in [2.75, 3.05) is 6.54 Å². The molecule has 14 heavy (non-hydrogen) atoms. The Kier molecular flexibility index (Phi) is 4.57. The SMILES string of the molecule is CC(C)N1CCCCC1/C=C\N=C=O. The molecule has 3 nitrogen and oxygen atoms in total. The summed E-state index contributed by atoms with van der Waals surface area (Å²) in [4.78, 5) is 15.8. The van der Waals surface area contributed by atoms with Gasteiger partial charge in [0.05, 0.1) is 0 Å². The van der Waals surface area contributed by atoms with Gasteiger partial charge in [-0.05, 0) is 39.3 Å². The molecule has 0 spiro atoms. The second-order valence-electron chi connectivity index (χ2n) is 3.96. The van der Waals surface area contributed by atoms with Crippen LogP contribution in [0.25, 0.3) is 0 Å². The molecule has 0 radical (unpaired) electrons. The molecule has 0 aromatic carbocycles. The van der Waals surface area contributed by atoms with Crippen LogP contribution in [0.4, 0.5) is 0 Å². The van der Waals surface area contributed by atoms with Gasteiger partial charge in [-0.3, -0.25) is 4.90 Å². The standard InChI is InChI=1S/C11H18N2O/c1-10(2)13-8-4-3-5-11(13)6-7-12-9-14/h6-7,10-11H,3-5,8H2,1-2H3/b7-6-. The maximum Gasteiger partial charge on any atom is 0.239 e. The van der Waals surface area contributed by atoms with Gasteiger partial charge >= 0.3 is 0 Å². The van der Waals surface area contributed by atoms with Gasteiger partial charge in [-0.2, -0.15) is 4.99 Å². The van der Waals surface area contributed by atoms with E-state index in [2.05, 4.69) is 23.7 Å². The molecule has 78 valence electrons. The van der Waals surface area contributed by atoms with Crippen LogP contribution in [-0.2, 0) is 4.79 Å². The number of nitrogens with zero attached hydrogens (tertiary/aromatic N) is 2. The fourth-order valence-electron chi connectivity index (χ4n) is 2.00. The van der Waals surface area contributed by atoms with Crippen molar-refractivity contribution in [2.24, 2.45) is 4.99 Å². The number of aliphatic imine (C=N–C) groups is 1. The lowest BCUT2D eigenvalue weighted by atomic mass is 10.0. The fourth-order valence-corrected chi connectivity index (χ4v) is 2.00. The topological polar surface area (TPSA) is 32.7 Å². The third kappa shape index (κ3) is 3.09. The molecule has 0 saturated carbocycles. The van der Waals surface area contributed by atoms with E-state index < -0.39 is 0 Å². The molecule has 3 heteroatoms. The molecule has 1 saturated heterocycles. The maximum atomic E-state index is 9.91. The first kappa shape index (κ1) is 11.2. The van der Waals surface area contributed by atoms with Crippen LogP contribution < -0.4 is 0 Å². The molecular weight excluding hydrogens is 176 g/mol. The zero-order valence-corrected chi connectivity index (χ0v) is 8.94. The van der Waals surface area contributed by atoms with Gasteiger partial charge in [-0.1, -0.05) is 6.42 Å². The Morgan fingerprint density at radius 1 is 1.50 bits per heavy atom. The van der Waals surface area contributed by atoms with E-state index >= 15 is 0 Å². The van der Waals surface area contributed by atoms with Crippen molar-refractivity contribution in [1.82, 2.24) is 4.90 Å². The Bertz CT molecular complexity index is 242. The number of hydrogen-bond donors (Lipinski definition) is 0. The van der Waals surface area contributed by atoms with Crippen molar-refractivity contribution in [3.05, 3.63) is 12.3 Å². The van der Waals surface area contributed by atoms with Crippen LogP contribution in [0.2, 0.25) is 0 Å². The first-order chi connectivity index (χ1) is 6.75. The minimum Gasteiger partial charge on any atom is -0.294 e. The van der Waals surface area contributed by atoms with Crippen LogP contribution in [0.1, 0.15) is 33.1 Å². The molecule has 0 amide bonds. The first-order valence-corrected chi connectivity index (χ1v) is 5.25. The van der Waals surface area contributed by atoms with E-state index in [1.165, 1.54) is 25.3 Å². The van der Waals surface area contributed by atoms with Gasteiger partial charge in [0.15, 0.2) is 0 Å². The molecule has 1 atom stereocenters. The summed E-state index contributed by atoms with van der Waals surface area (Å²) in [7, 11) is 0. The normalized spacial score (nSPS) is 24.1. The fraction of sp³-hybridized carbons (Fsp3) is 0.727. The minimum atomic E-state index is 0.445. The van der Waals surface area contributed by atoms with Gasteiger partial charge in [0.1, 0.15) is 0 Å². The lowest BCUT2D eigenvalue weighted by Crippen LogP contribution is -2.42. The van der Waals surface area contributed by atoms with Gasteiger partial charge in [0.2, 0.25) is 6.08 Å². The number of isocyanates is 1. The molecule has 1 aliphatic heterocycles. The largest absolute Gasteiger partial charge is 0.294 e. The molecule has 0 N–H and O–H groups in total. The predicted octanol–water partition coefficient (Wildman–Crippen LogP) is 2.10. The molecule has 0 bridgehead atoms. The van der Waals surface area contributed by atoms with Crippen molar-refractivity contribution in [3.8, 4) is 0 Å². The van der Waals surface area contributed by atoms with Gasteiger partial charge in [-0.25, -0.2) is 4.79 Å². The number of hydrogen-bond acceptors (Lipinski definition) is 3. The number of carbonyl (C=O) groups excluding carboxylic acids is 1. The molecule has 1 fully saturated rings. The van der Waals surface area contributed by atoms with E-state index in [4.69, 9.17) is 0 Å². The maximum absolute atomic E-state index is 9.91. The Labute approximate surface area is 85.5 Å². The average molecular weight is 194 g/mol. The Balaban J connectivity index is 2.58. The molecule has 1 heterocycles. The van der Waals surface area contributed by atoms with Gasteiger partial charge in [-0.15, -0.1) is 0 Å². The van der Waals surface area contributed by atoms with Crippen LogP contribution >= 0.6 is 0 Å². The quantitative estimate of drug-likeness (QED) is 0.509. The number of piperidine rings is 1. The molecule has 0 aromatic rings. The summed E-state index contributed by atoms with van der Waals surface area (Å²) >= 11 is 0. The van der Waals surface area contributed by atoms with Crippen molar-refractivity contribution < 1.29 is 4.79 Å². The molecule has 0 aliphatic carbocycles. The number of likely N-dealkylation sites (tertiary alicyclic amines) is 1. The monoisotopic (exact) mass is 194 g/mol. The third-order valence-corrected chi connectivity index (χ3v) is 2.69. The van der Waals surface area contributed by atoms with E-state index in [0.29, 0.717) is 12.1 Å². The van der Waals surface area contributed by atoms with Crippen molar-refractivity contribution in [3.63, 3.8) is 0 Å². The zero-order chi connectivity index (χ0) is 10.4. The lowest BCUT2D eigenvalue weighted by molar-refractivity contribution is 0.140. The van der Waals surface area contributed by atoms with Crippen LogP contribution in [0.3, 0.4) is 0 Å². The van der Waals surface area contributed by atoms with Crippen molar-refractivity contribution in [2.45, 2.75) is 45.2 Å². The highest BCUT2D eigenvalue weighted by Crippen LogP contribution is 2.20. The van der Waals surface area contributed by atoms with Gasteiger partial charge in [0.25, 0.3) is 0 Å². The second-order valence-corrected chi connectivity index (χ2v) is 3.96. The summed E-state index contributed by atoms with van der Waals surface area (Å²) in [5.41, 5.74) is 0. The van der Waals surface area contributed by atoms with Gasteiger partial charge < -0.3 is 0 Å². The summed E-state index contributed by atoms with van der Waals surface area (Å²) in [6.45, 7) is 5.56. The van der Waals surface area contributed by atoms with E-state index in [-0.39, 0.29) is 0 Å². The van der Waals surface area contributed by atoms with Crippen molar-refractivity contribution >= 4 is 6.08 Å². The number of rotatable bonds is 3. The summed E-state index contributed by atoms with van der Waals surface area (Å²) in [5.74, 6) is 0. The lowest BCUT2D eigenvalue weighted by Gasteiger charge is -2.36. The first-order valence-electron chi connectivity index (χ1n) is 5.25. The van der Waals surface area contributed by atoms with Crippen LogP contribution in [0.5, 0.6) is 0 Å². The average Bonchev–Trinajstić information content (AvgIpc) is 2.19. The predicted molar refractivity (Wildman–Crippen MR) is 56.7 cm³/mol. The zero-order valence-electron chi connectivity index (χ0n) is 8.94. The highest BCUT2D eigenvalue weighted by Gasteiger charge is 2.21. The molecule has 0 aromatic heterocycles. The van der Waals surface area contributed by atoms with E-state index in [1.807, 2.05) is 6.08 Å². The highest BCUT2D eigenvalue weighted by molar-refractivity contribution is 5.34. The Morgan fingerprint density at radius 3 is 2.93 bits per heavy atom. The Hall–Kier alpha value is -0.920. The smallest absolute Gasteiger partial charge is 0.239 e. The van der Waals surface area contributed by atoms with E-state index in [1.54, 1.807) is 6.20 Å². The van der Waals surface area contributed by atoms with E-state index in [0.717, 1.165) is 6.54 Å². The summed E-state index contributed by atoms with van der Waals surface area (Å²) in [6.07, 6.45) is 8.81. The summed E-state index contributed by atoms with van der Waals surface area (Å²) in [5, 5.41) is 0. The van der Waals surface area contributed by atoms with Crippen LogP contribution in [0.15, 0.2) is 17.3 Å². The highest BCUT2D eigenvalue weighted by atomic mass is 16.1. The summed E-state index contributed by atoms with van der Waals surface area (Å²) < 4.78 is 0. The second kappa shape index (κ2) is 5.74. The Morgan fingerprint density at radius 2 is 2.29 bits per heavy atom. The van der Waals surface area contributed by atoms with Crippen LogP contribution in [0, 0.1) is 0 Å². The molecular formula is C11H18N2O. The molecule has 1 rings (SSSR count). The molecule has 1 aliphatic rings. The van der Waals surface area contributed by atoms with Crippen LogP contribution in [-0.4, -0.2) is 29.6 Å².